The Labute approximate surface area is 150 Å². The van der Waals surface area contributed by atoms with Crippen LogP contribution in [0.25, 0.3) is 0 Å². The molecule has 1 unspecified atom stereocenters. The highest BCUT2D eigenvalue weighted by Crippen LogP contribution is 2.36. The zero-order valence-electron chi connectivity index (χ0n) is 15.1. The quantitative estimate of drug-likeness (QED) is 0.745. The van der Waals surface area contributed by atoms with E-state index in [2.05, 4.69) is 23.6 Å². The Hall–Kier alpha value is -0.970. The van der Waals surface area contributed by atoms with Gasteiger partial charge >= 0.3 is 0 Å². The second kappa shape index (κ2) is 7.94. The van der Waals surface area contributed by atoms with Crippen molar-refractivity contribution in [3.05, 3.63) is 22.7 Å². The summed E-state index contributed by atoms with van der Waals surface area (Å²) in [4.78, 5) is 5.18. The number of hydrogen-bond donors (Lipinski definition) is 0. The van der Waals surface area contributed by atoms with Gasteiger partial charge in [0.25, 0.3) is 0 Å². The fourth-order valence-electron chi connectivity index (χ4n) is 3.51. The van der Waals surface area contributed by atoms with Crippen LogP contribution in [0.1, 0.15) is 38.7 Å². The lowest BCUT2D eigenvalue weighted by Gasteiger charge is -2.40. The first-order valence-electron chi connectivity index (χ1n) is 9.09. The molecule has 0 amide bonds. The molecule has 0 aromatic heterocycles. The Bertz CT molecular complexity index is 563. The molecule has 2 aliphatic rings. The number of rotatable bonds is 7. The molecule has 134 valence electrons. The van der Waals surface area contributed by atoms with Gasteiger partial charge < -0.3 is 9.47 Å². The highest BCUT2D eigenvalue weighted by atomic mass is 35.5. The van der Waals surface area contributed by atoms with E-state index < -0.39 is 0 Å². The summed E-state index contributed by atoms with van der Waals surface area (Å²) < 4.78 is 11.5. The Balaban J connectivity index is 1.74. The average molecular weight is 353 g/mol. The lowest BCUT2D eigenvalue weighted by atomic mass is 10.1. The summed E-state index contributed by atoms with van der Waals surface area (Å²) in [7, 11) is 1.67. The molecule has 1 atom stereocenters. The lowest BCUT2D eigenvalue weighted by molar-refractivity contribution is 0.0721. The van der Waals surface area contributed by atoms with Crippen molar-refractivity contribution < 1.29 is 9.47 Å². The first-order chi connectivity index (χ1) is 11.6. The van der Waals surface area contributed by atoms with Crippen molar-refractivity contribution in [2.24, 2.45) is 0 Å². The van der Waals surface area contributed by atoms with Crippen LogP contribution in [0.2, 0.25) is 5.02 Å². The number of nitrogens with zero attached hydrogens (tertiary/aromatic N) is 2. The number of methoxy groups -OCH3 is 1. The van der Waals surface area contributed by atoms with Crippen LogP contribution >= 0.6 is 11.6 Å². The lowest BCUT2D eigenvalue weighted by Crippen LogP contribution is -2.51. The molecule has 1 aromatic carbocycles. The molecular formula is C19H29ClN2O2. The summed E-state index contributed by atoms with van der Waals surface area (Å²) in [5.41, 5.74) is 1.12. The van der Waals surface area contributed by atoms with E-state index in [0.717, 1.165) is 55.7 Å². The smallest absolute Gasteiger partial charge is 0.165 e. The average Bonchev–Trinajstić information content (AvgIpc) is 3.40. The molecule has 1 aliphatic carbocycles. The van der Waals surface area contributed by atoms with Gasteiger partial charge in [-0.15, -0.1) is 0 Å². The standard InChI is InChI=1S/C19H29ClN2O2/c1-4-9-24-19-15(10-16(20)11-18(19)23-3)13-21-7-8-22(12-14(21)2)17-5-6-17/h10-11,14,17H,4-9,12-13H2,1-3H3. The van der Waals surface area contributed by atoms with Gasteiger partial charge in [-0.2, -0.15) is 0 Å². The zero-order valence-corrected chi connectivity index (χ0v) is 15.8. The predicted octanol–water partition coefficient (Wildman–Crippen LogP) is 3.81. The van der Waals surface area contributed by atoms with Crippen molar-refractivity contribution in [1.29, 1.82) is 0 Å². The van der Waals surface area contributed by atoms with Gasteiger partial charge in [-0.3, -0.25) is 9.80 Å². The largest absolute Gasteiger partial charge is 0.493 e. The first kappa shape index (κ1) is 17.8. The summed E-state index contributed by atoms with van der Waals surface area (Å²) >= 11 is 6.30. The van der Waals surface area contributed by atoms with E-state index >= 15 is 0 Å². The molecule has 0 bridgehead atoms. The van der Waals surface area contributed by atoms with Crippen LogP contribution < -0.4 is 9.47 Å². The molecule has 24 heavy (non-hydrogen) atoms. The van der Waals surface area contributed by atoms with Crippen molar-refractivity contribution >= 4 is 11.6 Å². The van der Waals surface area contributed by atoms with E-state index in [0.29, 0.717) is 17.7 Å². The van der Waals surface area contributed by atoms with Crippen LogP contribution in [0.3, 0.4) is 0 Å². The predicted molar refractivity (Wildman–Crippen MR) is 98.3 cm³/mol. The molecule has 2 fully saturated rings. The molecule has 1 aliphatic heterocycles. The first-order valence-corrected chi connectivity index (χ1v) is 9.47. The molecule has 1 saturated carbocycles. The number of halogens is 1. The van der Waals surface area contributed by atoms with Gasteiger partial charge in [0.15, 0.2) is 11.5 Å². The minimum atomic E-state index is 0.545. The van der Waals surface area contributed by atoms with E-state index in [1.807, 2.05) is 12.1 Å². The second-order valence-electron chi connectivity index (χ2n) is 6.99. The summed E-state index contributed by atoms with van der Waals surface area (Å²) in [6.45, 7) is 9.40. The summed E-state index contributed by atoms with van der Waals surface area (Å²) in [6.07, 6.45) is 3.74. The van der Waals surface area contributed by atoms with Crippen molar-refractivity contribution in [2.45, 2.75) is 51.7 Å². The molecule has 0 spiro atoms. The van der Waals surface area contributed by atoms with Crippen LogP contribution in [0.4, 0.5) is 0 Å². The molecule has 1 aromatic rings. The van der Waals surface area contributed by atoms with Gasteiger partial charge in [-0.1, -0.05) is 18.5 Å². The molecule has 1 heterocycles. The van der Waals surface area contributed by atoms with E-state index in [1.54, 1.807) is 7.11 Å². The molecule has 4 nitrogen and oxygen atoms in total. The number of benzene rings is 1. The highest BCUT2D eigenvalue weighted by molar-refractivity contribution is 6.30. The molecule has 3 rings (SSSR count). The van der Waals surface area contributed by atoms with Crippen molar-refractivity contribution in [3.8, 4) is 11.5 Å². The Morgan fingerprint density at radius 3 is 2.67 bits per heavy atom. The monoisotopic (exact) mass is 352 g/mol. The Morgan fingerprint density at radius 2 is 2.04 bits per heavy atom. The number of hydrogen-bond acceptors (Lipinski definition) is 4. The fourth-order valence-corrected chi connectivity index (χ4v) is 3.74. The zero-order chi connectivity index (χ0) is 17.1. The summed E-state index contributed by atoms with van der Waals surface area (Å²) in [5, 5.41) is 0.704. The van der Waals surface area contributed by atoms with Gasteiger partial charge in [0, 0.05) is 54.9 Å². The molecule has 1 saturated heterocycles. The molecule has 0 N–H and O–H groups in total. The second-order valence-corrected chi connectivity index (χ2v) is 7.43. The van der Waals surface area contributed by atoms with Crippen LogP contribution in [0.15, 0.2) is 12.1 Å². The van der Waals surface area contributed by atoms with Crippen LogP contribution in [0.5, 0.6) is 11.5 Å². The topological polar surface area (TPSA) is 24.9 Å². The molecule has 5 heteroatoms. The Kier molecular flexibility index (Phi) is 5.90. The highest BCUT2D eigenvalue weighted by Gasteiger charge is 2.34. The maximum atomic E-state index is 6.30. The third-order valence-electron chi connectivity index (χ3n) is 5.00. The SMILES string of the molecule is CCCOc1c(CN2CCN(C3CC3)CC2C)cc(Cl)cc1OC. The molecule has 0 radical (unpaired) electrons. The van der Waals surface area contributed by atoms with E-state index in [9.17, 15) is 0 Å². The minimum absolute atomic E-state index is 0.545. The third kappa shape index (κ3) is 4.16. The van der Waals surface area contributed by atoms with Crippen molar-refractivity contribution in [3.63, 3.8) is 0 Å². The van der Waals surface area contributed by atoms with E-state index in [1.165, 1.54) is 12.8 Å². The number of piperazine rings is 1. The third-order valence-corrected chi connectivity index (χ3v) is 5.22. The number of ether oxygens (including phenoxy) is 2. The molecular weight excluding hydrogens is 324 g/mol. The Morgan fingerprint density at radius 1 is 1.25 bits per heavy atom. The fraction of sp³-hybridized carbons (Fsp3) is 0.684. The van der Waals surface area contributed by atoms with Gasteiger partial charge in [0.05, 0.1) is 13.7 Å². The maximum absolute atomic E-state index is 6.30. The normalized spacial score (nSPS) is 22.6. The van der Waals surface area contributed by atoms with Crippen LogP contribution in [0, 0.1) is 0 Å². The van der Waals surface area contributed by atoms with E-state index in [4.69, 9.17) is 21.1 Å². The summed E-state index contributed by atoms with van der Waals surface area (Å²) in [5.74, 6) is 1.58. The van der Waals surface area contributed by atoms with Gasteiger partial charge in [-0.25, -0.2) is 0 Å². The van der Waals surface area contributed by atoms with Crippen LogP contribution in [-0.2, 0) is 6.54 Å². The summed E-state index contributed by atoms with van der Waals surface area (Å²) in [6, 6.07) is 5.26. The van der Waals surface area contributed by atoms with Crippen molar-refractivity contribution in [2.75, 3.05) is 33.4 Å². The van der Waals surface area contributed by atoms with Gasteiger partial charge in [-0.05, 0) is 32.3 Å². The minimum Gasteiger partial charge on any atom is -0.493 e. The van der Waals surface area contributed by atoms with E-state index in [-0.39, 0.29) is 0 Å². The van der Waals surface area contributed by atoms with Crippen molar-refractivity contribution in [1.82, 2.24) is 9.80 Å². The maximum Gasteiger partial charge on any atom is 0.165 e. The van der Waals surface area contributed by atoms with Gasteiger partial charge in [0.2, 0.25) is 0 Å². The van der Waals surface area contributed by atoms with Gasteiger partial charge in [0.1, 0.15) is 0 Å². The van der Waals surface area contributed by atoms with Crippen LogP contribution in [-0.4, -0.2) is 55.2 Å².